The molecule has 28 heavy (non-hydrogen) atoms. The second kappa shape index (κ2) is 9.44. The Morgan fingerprint density at radius 1 is 1.07 bits per heavy atom. The summed E-state index contributed by atoms with van der Waals surface area (Å²) >= 11 is 12.0. The summed E-state index contributed by atoms with van der Waals surface area (Å²) in [5.41, 5.74) is 2.82. The van der Waals surface area contributed by atoms with E-state index in [1.54, 1.807) is 18.2 Å². The molecular formula is C22H24Cl2N2O2. The minimum atomic E-state index is -0.203. The van der Waals surface area contributed by atoms with E-state index in [1.165, 1.54) is 11.1 Å². The van der Waals surface area contributed by atoms with Crippen LogP contribution >= 0.6 is 23.2 Å². The molecule has 0 radical (unpaired) electrons. The van der Waals surface area contributed by atoms with Crippen molar-refractivity contribution in [3.8, 4) is 0 Å². The Hall–Kier alpha value is -2.04. The van der Waals surface area contributed by atoms with Gasteiger partial charge in [0.05, 0.1) is 10.6 Å². The lowest BCUT2D eigenvalue weighted by Crippen LogP contribution is -2.46. The van der Waals surface area contributed by atoms with E-state index in [9.17, 15) is 9.59 Å². The fraction of sp³-hybridized carbons (Fsp3) is 0.364. The molecule has 1 saturated heterocycles. The monoisotopic (exact) mass is 418 g/mol. The highest BCUT2D eigenvalue weighted by atomic mass is 35.5. The average molecular weight is 419 g/mol. The molecule has 4 nitrogen and oxygen atoms in total. The minimum Gasteiger partial charge on any atom is -0.349 e. The van der Waals surface area contributed by atoms with Crippen molar-refractivity contribution in [1.82, 2.24) is 10.2 Å². The number of aryl methyl sites for hydroxylation is 2. The summed E-state index contributed by atoms with van der Waals surface area (Å²) < 4.78 is 0. The number of hydrogen-bond donors (Lipinski definition) is 1. The van der Waals surface area contributed by atoms with Crippen molar-refractivity contribution >= 4 is 35.0 Å². The molecule has 1 N–H and O–H groups in total. The third kappa shape index (κ3) is 5.49. The number of nitrogens with zero attached hydrogens (tertiary/aromatic N) is 1. The molecule has 3 rings (SSSR count). The number of hydrogen-bond acceptors (Lipinski definition) is 2. The van der Waals surface area contributed by atoms with Gasteiger partial charge in [0, 0.05) is 30.6 Å². The SMILES string of the molecule is Cc1ccc(CCC(=O)N2CCC(NC(=O)c3ccc(Cl)cc3Cl)CC2)cc1. The lowest BCUT2D eigenvalue weighted by atomic mass is 10.0. The Morgan fingerprint density at radius 2 is 1.75 bits per heavy atom. The molecule has 2 aromatic rings. The number of piperidine rings is 1. The standard InChI is InChI=1S/C22H24Cl2N2O2/c1-15-2-4-16(5-3-15)6-9-21(27)26-12-10-18(11-13-26)25-22(28)19-8-7-17(23)14-20(19)24/h2-5,7-8,14,18H,6,9-13H2,1H3,(H,25,28). The summed E-state index contributed by atoms with van der Waals surface area (Å²) in [5.74, 6) is -0.0306. The molecule has 1 fully saturated rings. The second-order valence-electron chi connectivity index (χ2n) is 7.24. The van der Waals surface area contributed by atoms with E-state index in [2.05, 4.69) is 36.5 Å². The zero-order valence-electron chi connectivity index (χ0n) is 15.9. The van der Waals surface area contributed by atoms with Gasteiger partial charge in [-0.15, -0.1) is 0 Å². The topological polar surface area (TPSA) is 49.4 Å². The van der Waals surface area contributed by atoms with Crippen LogP contribution in [0.1, 0.15) is 40.7 Å². The van der Waals surface area contributed by atoms with Crippen LogP contribution in [0.15, 0.2) is 42.5 Å². The van der Waals surface area contributed by atoms with Crippen LogP contribution in [0.3, 0.4) is 0 Å². The summed E-state index contributed by atoms with van der Waals surface area (Å²) in [6, 6.07) is 13.2. The third-order valence-electron chi connectivity index (χ3n) is 5.11. The fourth-order valence-electron chi connectivity index (χ4n) is 3.37. The quantitative estimate of drug-likeness (QED) is 0.767. The Labute approximate surface area is 175 Å². The van der Waals surface area contributed by atoms with Crippen LogP contribution in [0, 0.1) is 6.92 Å². The van der Waals surface area contributed by atoms with Crippen LogP contribution in [0.4, 0.5) is 0 Å². The predicted octanol–water partition coefficient (Wildman–Crippen LogP) is 4.66. The highest BCUT2D eigenvalue weighted by Gasteiger charge is 2.24. The molecule has 0 bridgehead atoms. The van der Waals surface area contributed by atoms with Gasteiger partial charge in [-0.05, 0) is 49.9 Å². The van der Waals surface area contributed by atoms with Gasteiger partial charge in [0.15, 0.2) is 0 Å². The Bertz CT molecular complexity index is 844. The Morgan fingerprint density at radius 3 is 2.39 bits per heavy atom. The van der Waals surface area contributed by atoms with Crippen LogP contribution in [-0.4, -0.2) is 35.8 Å². The highest BCUT2D eigenvalue weighted by Crippen LogP contribution is 2.21. The molecule has 1 aliphatic rings. The maximum absolute atomic E-state index is 12.5. The van der Waals surface area contributed by atoms with Crippen molar-refractivity contribution in [3.05, 3.63) is 69.2 Å². The summed E-state index contributed by atoms with van der Waals surface area (Å²) in [5, 5.41) is 3.85. The number of likely N-dealkylation sites (tertiary alicyclic amines) is 1. The number of carbonyl (C=O) groups is 2. The van der Waals surface area contributed by atoms with E-state index < -0.39 is 0 Å². The highest BCUT2D eigenvalue weighted by molar-refractivity contribution is 6.36. The van der Waals surface area contributed by atoms with Crippen LogP contribution in [0.25, 0.3) is 0 Å². The Kier molecular flexibility index (Phi) is 6.97. The molecular weight excluding hydrogens is 395 g/mol. The van der Waals surface area contributed by atoms with Gasteiger partial charge < -0.3 is 10.2 Å². The number of carbonyl (C=O) groups excluding carboxylic acids is 2. The van der Waals surface area contributed by atoms with Gasteiger partial charge in [-0.1, -0.05) is 53.0 Å². The largest absolute Gasteiger partial charge is 0.349 e. The molecule has 148 valence electrons. The van der Waals surface area contributed by atoms with Crippen LogP contribution in [0.2, 0.25) is 10.0 Å². The van der Waals surface area contributed by atoms with Gasteiger partial charge in [0.25, 0.3) is 5.91 Å². The van der Waals surface area contributed by atoms with Crippen molar-refractivity contribution in [2.24, 2.45) is 0 Å². The molecule has 2 aromatic carbocycles. The number of rotatable bonds is 5. The molecule has 0 atom stereocenters. The van der Waals surface area contributed by atoms with Crippen LogP contribution in [0.5, 0.6) is 0 Å². The molecule has 2 amide bonds. The van der Waals surface area contributed by atoms with Crippen molar-refractivity contribution in [2.45, 2.75) is 38.6 Å². The zero-order valence-corrected chi connectivity index (χ0v) is 17.4. The second-order valence-corrected chi connectivity index (χ2v) is 8.08. The smallest absolute Gasteiger partial charge is 0.253 e. The van der Waals surface area contributed by atoms with E-state index >= 15 is 0 Å². The summed E-state index contributed by atoms with van der Waals surface area (Å²) in [4.78, 5) is 26.8. The minimum absolute atomic E-state index is 0.0420. The first-order chi connectivity index (χ1) is 13.4. The van der Waals surface area contributed by atoms with Crippen LogP contribution in [-0.2, 0) is 11.2 Å². The van der Waals surface area contributed by atoms with Crippen molar-refractivity contribution < 1.29 is 9.59 Å². The maximum Gasteiger partial charge on any atom is 0.253 e. The molecule has 0 unspecified atom stereocenters. The van der Waals surface area contributed by atoms with Crippen LogP contribution < -0.4 is 5.32 Å². The summed E-state index contributed by atoms with van der Waals surface area (Å²) in [7, 11) is 0. The van der Waals surface area contributed by atoms with Crippen molar-refractivity contribution in [1.29, 1.82) is 0 Å². The third-order valence-corrected chi connectivity index (χ3v) is 5.65. The van der Waals surface area contributed by atoms with Gasteiger partial charge in [-0.2, -0.15) is 0 Å². The number of amides is 2. The lowest BCUT2D eigenvalue weighted by molar-refractivity contribution is -0.132. The molecule has 0 aliphatic carbocycles. The van der Waals surface area contributed by atoms with Crippen molar-refractivity contribution in [3.63, 3.8) is 0 Å². The number of nitrogens with one attached hydrogen (secondary N) is 1. The molecule has 6 heteroatoms. The molecule has 1 aliphatic heterocycles. The van der Waals surface area contributed by atoms with Gasteiger partial charge in [0.1, 0.15) is 0 Å². The van der Waals surface area contributed by atoms with Gasteiger partial charge in [0.2, 0.25) is 5.91 Å². The first-order valence-corrected chi connectivity index (χ1v) is 10.3. The lowest BCUT2D eigenvalue weighted by Gasteiger charge is -2.32. The molecule has 0 spiro atoms. The molecule has 0 aromatic heterocycles. The Balaban J connectivity index is 1.45. The maximum atomic E-state index is 12.5. The van der Waals surface area contributed by atoms with Gasteiger partial charge in [-0.25, -0.2) is 0 Å². The average Bonchev–Trinajstić information content (AvgIpc) is 2.67. The summed E-state index contributed by atoms with van der Waals surface area (Å²) in [6.07, 6.45) is 2.76. The first-order valence-electron chi connectivity index (χ1n) is 9.51. The van der Waals surface area contributed by atoms with Gasteiger partial charge in [-0.3, -0.25) is 9.59 Å². The van der Waals surface area contributed by atoms with E-state index in [4.69, 9.17) is 23.2 Å². The van der Waals surface area contributed by atoms with E-state index in [0.717, 1.165) is 19.3 Å². The molecule has 0 saturated carbocycles. The summed E-state index contributed by atoms with van der Waals surface area (Å²) in [6.45, 7) is 3.37. The van der Waals surface area contributed by atoms with E-state index in [1.807, 2.05) is 4.90 Å². The molecule has 1 heterocycles. The van der Waals surface area contributed by atoms with E-state index in [-0.39, 0.29) is 17.9 Å². The number of halogens is 2. The first kappa shape index (κ1) is 20.7. The zero-order chi connectivity index (χ0) is 20.1. The van der Waals surface area contributed by atoms with Gasteiger partial charge >= 0.3 is 0 Å². The normalized spacial score (nSPS) is 14.8. The van der Waals surface area contributed by atoms with Crippen molar-refractivity contribution in [2.75, 3.05) is 13.1 Å². The number of benzene rings is 2. The predicted molar refractivity (Wildman–Crippen MR) is 113 cm³/mol. The van der Waals surface area contributed by atoms with E-state index in [0.29, 0.717) is 35.1 Å². The fourth-order valence-corrected chi connectivity index (χ4v) is 3.87.